The zero-order chi connectivity index (χ0) is 49.4. The quantitative estimate of drug-likeness (QED) is 0.0859. The average Bonchev–Trinajstić information content (AvgIpc) is 4.12. The van der Waals surface area contributed by atoms with E-state index in [2.05, 4.69) is 45.9 Å². The van der Waals surface area contributed by atoms with E-state index in [-0.39, 0.29) is 60.0 Å². The number of pyridine rings is 1. The smallest absolute Gasteiger partial charge is 0.409 e. The Morgan fingerprint density at radius 3 is 2.58 bits per heavy atom. The minimum atomic E-state index is -0.653. The highest BCUT2D eigenvalue weighted by molar-refractivity contribution is 6.06. The molecule has 2 bridgehead atoms. The van der Waals surface area contributed by atoms with E-state index in [9.17, 15) is 19.2 Å². The Labute approximate surface area is 417 Å². The number of anilines is 1. The van der Waals surface area contributed by atoms with E-state index in [0.717, 1.165) is 108 Å². The number of hydrogen-bond donors (Lipinski definition) is 2. The molecule has 2 N–H and O–H groups in total. The number of ether oxygens (including phenoxy) is 2. The number of nitrogens with zero attached hydrogens (tertiary/aromatic N) is 7. The number of hydrogen-bond acceptors (Lipinski definition) is 12. The first-order valence-corrected chi connectivity index (χ1v) is 25.6. The molecule has 6 saturated heterocycles. The van der Waals surface area contributed by atoms with Gasteiger partial charge in [0.1, 0.15) is 30.9 Å². The third-order valence-corrected chi connectivity index (χ3v) is 16.7. The van der Waals surface area contributed by atoms with Crippen molar-refractivity contribution in [1.29, 1.82) is 0 Å². The van der Waals surface area contributed by atoms with Crippen molar-refractivity contribution >= 4 is 51.3 Å². The molecule has 0 aliphatic carbocycles. The number of aryl methyl sites for hydroxylation is 1. The Morgan fingerprint density at radius 2 is 1.81 bits per heavy atom. The molecule has 5 unspecified atom stereocenters. The monoisotopic (exact) mass is 971 g/mol. The predicted octanol–water partition coefficient (Wildman–Crippen LogP) is 6.79. The van der Waals surface area contributed by atoms with Gasteiger partial charge >= 0.3 is 12.1 Å². The Kier molecular flexibility index (Phi) is 11.7. The molecule has 6 fully saturated rings. The van der Waals surface area contributed by atoms with Gasteiger partial charge in [0, 0.05) is 92.1 Å². The number of aromatic nitrogens is 3. The molecular weight excluding hydrogens is 914 g/mol. The first-order chi connectivity index (χ1) is 35.0. The van der Waals surface area contributed by atoms with Gasteiger partial charge < -0.3 is 29.5 Å². The molecule has 9 heterocycles. The lowest BCUT2D eigenvalue weighted by Crippen LogP contribution is -2.52. The Morgan fingerprint density at radius 1 is 0.986 bits per heavy atom. The molecule has 0 saturated carbocycles. The van der Waals surface area contributed by atoms with Gasteiger partial charge in [-0.3, -0.25) is 29.6 Å². The van der Waals surface area contributed by atoms with E-state index < -0.39 is 17.8 Å². The first kappa shape index (κ1) is 46.1. The fourth-order valence-electron chi connectivity index (χ4n) is 13.1. The summed E-state index contributed by atoms with van der Waals surface area (Å²) in [5.41, 5.74) is 6.64. The summed E-state index contributed by atoms with van der Waals surface area (Å²) in [4.78, 5) is 74.8. The molecule has 12 rings (SSSR count). The van der Waals surface area contributed by atoms with Gasteiger partial charge in [0.2, 0.25) is 11.8 Å². The summed E-state index contributed by atoms with van der Waals surface area (Å²) in [5.74, 6) is 2.24. The van der Waals surface area contributed by atoms with Crippen molar-refractivity contribution in [2.45, 2.75) is 113 Å². The molecule has 7 aliphatic rings. The highest BCUT2D eigenvalue weighted by atomic mass is 19.1. The molecule has 2 aromatic heterocycles. The highest BCUT2D eigenvalue weighted by Gasteiger charge is 2.52. The summed E-state index contributed by atoms with van der Waals surface area (Å²) in [7, 11) is 0. The van der Waals surface area contributed by atoms with Crippen molar-refractivity contribution in [1.82, 2.24) is 40.3 Å². The molecule has 5 atom stereocenters. The summed E-state index contributed by atoms with van der Waals surface area (Å²) >= 11 is 0. The van der Waals surface area contributed by atoms with Crippen LogP contribution in [0.15, 0.2) is 66.9 Å². The van der Waals surface area contributed by atoms with Gasteiger partial charge in [-0.2, -0.15) is 9.97 Å². The molecule has 72 heavy (non-hydrogen) atoms. The van der Waals surface area contributed by atoms with Crippen molar-refractivity contribution < 1.29 is 33.0 Å². The molecular formula is C56H58FN9O6. The number of carbonyl (C=O) groups is 4. The summed E-state index contributed by atoms with van der Waals surface area (Å²) < 4.78 is 28.1. The van der Waals surface area contributed by atoms with Gasteiger partial charge in [-0.15, -0.1) is 6.42 Å². The van der Waals surface area contributed by atoms with Gasteiger partial charge in [-0.05, 0) is 92.4 Å². The fraction of sp³-hybridized carbons (Fsp3) is 0.446. The van der Waals surface area contributed by atoms with Crippen molar-refractivity contribution in [3.63, 3.8) is 0 Å². The summed E-state index contributed by atoms with van der Waals surface area (Å²) in [6.07, 6.45) is 14.8. The van der Waals surface area contributed by atoms with Crippen LogP contribution in [0.5, 0.6) is 6.01 Å². The standard InChI is InChI=1S/C56H58FN9O6/c1-4-40-45(57)14-10-34-7-6-8-43(48(34)40)49-41(5-2)50-44(25-58-49)51(64-28-37-11-12-38(29-64)59-37)62-54(61-50)72-31-56-20-17-39(66(56)26-32(3)24-56)30-71-55(70)63-21-18-33(19-22-63)35-9-13-42-36(23-35)27-65(53(42)69)46-15-16-47(67)60-52(46)68/h1,6-10,13-14,23,25,33,37-39,46,59H,3,5,11-12,15-22,24,26-31H2,2H3,(H,60,67,68). The second kappa shape index (κ2) is 18.3. The number of fused-ring (bicyclic) bond motifs is 6. The van der Waals surface area contributed by atoms with E-state index in [1.165, 1.54) is 6.07 Å². The van der Waals surface area contributed by atoms with E-state index in [1.807, 2.05) is 36.5 Å². The predicted molar refractivity (Wildman–Crippen MR) is 269 cm³/mol. The third-order valence-electron chi connectivity index (χ3n) is 16.7. The summed E-state index contributed by atoms with van der Waals surface area (Å²) in [6.45, 7) is 10.8. The number of nitrogens with one attached hydrogen (secondary N) is 2. The molecule has 15 nitrogen and oxygen atoms in total. The van der Waals surface area contributed by atoms with Crippen LogP contribution in [0.25, 0.3) is 32.9 Å². The molecule has 3 aromatic carbocycles. The zero-order valence-electron chi connectivity index (χ0n) is 40.6. The zero-order valence-corrected chi connectivity index (χ0v) is 40.6. The Bertz CT molecular complexity index is 3140. The van der Waals surface area contributed by atoms with E-state index in [1.54, 1.807) is 15.9 Å². The number of terminal acetylenes is 1. The van der Waals surface area contributed by atoms with Crippen LogP contribution in [-0.4, -0.2) is 129 Å². The van der Waals surface area contributed by atoms with E-state index in [4.69, 9.17) is 30.8 Å². The molecule has 4 amide bonds. The molecule has 7 aliphatic heterocycles. The van der Waals surface area contributed by atoms with Crippen LogP contribution in [0, 0.1) is 18.2 Å². The fourth-order valence-corrected chi connectivity index (χ4v) is 13.1. The second-order valence-corrected chi connectivity index (χ2v) is 21.0. The van der Waals surface area contributed by atoms with Gasteiger partial charge in [-0.1, -0.05) is 61.4 Å². The number of piperidine rings is 2. The largest absolute Gasteiger partial charge is 0.461 e. The van der Waals surface area contributed by atoms with Crippen LogP contribution in [0.4, 0.5) is 15.0 Å². The van der Waals surface area contributed by atoms with Gasteiger partial charge in [-0.25, -0.2) is 9.18 Å². The van der Waals surface area contributed by atoms with Crippen molar-refractivity contribution in [2.24, 2.45) is 0 Å². The van der Waals surface area contributed by atoms with Crippen molar-refractivity contribution in [3.05, 3.63) is 101 Å². The van der Waals surface area contributed by atoms with Crippen LogP contribution in [-0.2, 0) is 27.3 Å². The Hall–Kier alpha value is -6.96. The topological polar surface area (TPSA) is 162 Å². The number of amides is 4. The lowest BCUT2D eigenvalue weighted by atomic mass is 9.88. The minimum absolute atomic E-state index is 0.00799. The van der Waals surface area contributed by atoms with Gasteiger partial charge in [0.25, 0.3) is 5.91 Å². The average molecular weight is 972 g/mol. The molecule has 16 heteroatoms. The molecule has 5 aromatic rings. The van der Waals surface area contributed by atoms with Gasteiger partial charge in [0.15, 0.2) is 0 Å². The molecule has 370 valence electrons. The van der Waals surface area contributed by atoms with Crippen LogP contribution in [0.1, 0.15) is 103 Å². The van der Waals surface area contributed by atoms with Crippen LogP contribution in [0.2, 0.25) is 0 Å². The summed E-state index contributed by atoms with van der Waals surface area (Å²) in [6, 6.07) is 15.3. The van der Waals surface area contributed by atoms with Crippen LogP contribution >= 0.6 is 0 Å². The number of likely N-dealkylation sites (tertiary alicyclic amines) is 1. The van der Waals surface area contributed by atoms with Crippen molar-refractivity contribution in [2.75, 3.05) is 50.8 Å². The van der Waals surface area contributed by atoms with E-state index >= 15 is 4.39 Å². The minimum Gasteiger partial charge on any atom is -0.461 e. The lowest BCUT2D eigenvalue weighted by molar-refractivity contribution is -0.136. The maximum absolute atomic E-state index is 15.2. The van der Waals surface area contributed by atoms with Crippen LogP contribution < -0.4 is 20.3 Å². The number of benzene rings is 3. The second-order valence-electron chi connectivity index (χ2n) is 21.0. The Balaban J connectivity index is 0.736. The van der Waals surface area contributed by atoms with E-state index in [0.29, 0.717) is 74.4 Å². The highest BCUT2D eigenvalue weighted by Crippen LogP contribution is 2.45. The number of piperazine rings is 1. The maximum Gasteiger partial charge on any atom is 0.409 e. The molecule has 0 spiro atoms. The maximum atomic E-state index is 15.2. The third kappa shape index (κ3) is 8.01. The normalized spacial score (nSPS) is 25.3. The lowest BCUT2D eigenvalue weighted by Gasteiger charge is -2.35. The van der Waals surface area contributed by atoms with Crippen LogP contribution in [0.3, 0.4) is 0 Å². The SMILES string of the molecule is C#Cc1c(F)ccc2cccc(-c3ncc4c(N5CC6CCC(C5)N6)nc(OCC56CCC(COC(=O)N7CCC(c8ccc9c(c8)CN(C8CCC(=O)NC8=O)C9=O)CC7)N5CC(=C)C6)nc4c3CC)c12. The number of rotatable bonds is 10. The van der Waals surface area contributed by atoms with Crippen molar-refractivity contribution in [3.8, 4) is 29.6 Å². The van der Waals surface area contributed by atoms with Gasteiger partial charge in [0.05, 0.1) is 27.7 Å². The number of halogens is 1. The number of imide groups is 1. The first-order valence-electron chi connectivity index (χ1n) is 25.6. The summed E-state index contributed by atoms with van der Waals surface area (Å²) in [5, 5.41) is 8.43. The molecule has 0 radical (unpaired) electrons. The number of carbonyl (C=O) groups excluding carboxylic acids is 4.